The van der Waals surface area contributed by atoms with Crippen molar-refractivity contribution in [1.82, 2.24) is 4.98 Å². The van der Waals surface area contributed by atoms with E-state index in [1.54, 1.807) is 6.07 Å². The fraction of sp³-hybridized carbons (Fsp3) is 0. The Morgan fingerprint density at radius 2 is 2.31 bits per heavy atom. The first-order valence-electron chi connectivity index (χ1n) is 3.34. The van der Waals surface area contributed by atoms with E-state index in [1.165, 1.54) is 18.3 Å². The summed E-state index contributed by atoms with van der Waals surface area (Å²) in [6.07, 6.45) is 1.36. The van der Waals surface area contributed by atoms with Gasteiger partial charge in [-0.3, -0.25) is 0 Å². The maximum Gasteiger partial charge on any atom is 0.202 e. The highest BCUT2D eigenvalue weighted by Gasteiger charge is 2.14. The van der Waals surface area contributed by atoms with E-state index in [4.69, 9.17) is 5.26 Å². The van der Waals surface area contributed by atoms with Crippen molar-refractivity contribution in [2.24, 2.45) is 0 Å². The molecule has 0 aliphatic heterocycles. The molecule has 0 amide bonds. The summed E-state index contributed by atoms with van der Waals surface area (Å²) >= 11 is 0. The molecule has 1 heterocycles. The number of nitriles is 1. The Morgan fingerprint density at radius 3 is 2.85 bits per heavy atom. The Bertz CT molecular complexity index is 471. The molecule has 5 heteroatoms. The fourth-order valence-corrected chi connectivity index (χ4v) is 1.61. The van der Waals surface area contributed by atoms with Gasteiger partial charge in [-0.2, -0.15) is 5.26 Å². The molecule has 0 atom stereocenters. The fourth-order valence-electron chi connectivity index (χ4n) is 0.794. The van der Waals surface area contributed by atoms with Crippen LogP contribution in [0.3, 0.4) is 0 Å². The number of rotatable bonds is 2. The van der Waals surface area contributed by atoms with E-state index in [9.17, 15) is 8.42 Å². The van der Waals surface area contributed by atoms with Gasteiger partial charge in [0.15, 0.2) is 5.69 Å². The molecule has 0 spiro atoms. The van der Waals surface area contributed by atoms with Crippen LogP contribution in [0.1, 0.15) is 5.69 Å². The summed E-state index contributed by atoms with van der Waals surface area (Å²) in [4.78, 5) is 3.52. The molecule has 0 fully saturated rings. The lowest BCUT2D eigenvalue weighted by molar-refractivity contribution is 0.604. The number of pyridine rings is 1. The minimum Gasteiger partial charge on any atom is -0.244 e. The highest BCUT2D eigenvalue weighted by atomic mass is 32.2. The molecule has 66 valence electrons. The van der Waals surface area contributed by atoms with Gasteiger partial charge in [0, 0.05) is 11.6 Å². The first-order chi connectivity index (χ1) is 6.11. The second-order valence-electron chi connectivity index (χ2n) is 2.17. The molecule has 4 nitrogen and oxygen atoms in total. The predicted octanol–water partition coefficient (Wildman–Crippen LogP) is 0.870. The van der Waals surface area contributed by atoms with Crippen LogP contribution in [0, 0.1) is 11.3 Å². The molecule has 0 bridgehead atoms. The lowest BCUT2D eigenvalue weighted by atomic mass is 10.4. The second-order valence-corrected chi connectivity index (χ2v) is 4.04. The maximum atomic E-state index is 11.3. The van der Waals surface area contributed by atoms with Gasteiger partial charge in [0.2, 0.25) is 9.84 Å². The van der Waals surface area contributed by atoms with Gasteiger partial charge >= 0.3 is 0 Å². The Morgan fingerprint density at radius 1 is 1.62 bits per heavy atom. The van der Waals surface area contributed by atoms with E-state index >= 15 is 0 Å². The van der Waals surface area contributed by atoms with Crippen LogP contribution in [0.4, 0.5) is 0 Å². The van der Waals surface area contributed by atoms with E-state index in [0.29, 0.717) is 0 Å². The molecule has 0 aliphatic rings. The normalized spacial score (nSPS) is 10.4. The van der Waals surface area contributed by atoms with Gasteiger partial charge in [0.1, 0.15) is 11.0 Å². The van der Waals surface area contributed by atoms with E-state index in [-0.39, 0.29) is 10.6 Å². The van der Waals surface area contributed by atoms with Crippen molar-refractivity contribution < 1.29 is 8.42 Å². The summed E-state index contributed by atoms with van der Waals surface area (Å²) in [5.41, 5.74) is -0.109. The molecule has 0 unspecified atom stereocenters. The summed E-state index contributed by atoms with van der Waals surface area (Å²) in [6, 6.07) is 4.48. The predicted molar refractivity (Wildman–Crippen MR) is 46.3 cm³/mol. The Hall–Kier alpha value is -1.67. The maximum absolute atomic E-state index is 11.3. The van der Waals surface area contributed by atoms with Gasteiger partial charge in [-0.05, 0) is 12.1 Å². The van der Waals surface area contributed by atoms with Gasteiger partial charge in [-0.15, -0.1) is 0 Å². The van der Waals surface area contributed by atoms with Crippen LogP contribution in [0.25, 0.3) is 0 Å². The topological polar surface area (TPSA) is 70.8 Å². The number of sulfone groups is 1. The monoisotopic (exact) mass is 194 g/mol. The smallest absolute Gasteiger partial charge is 0.202 e. The van der Waals surface area contributed by atoms with Crippen LogP contribution in [-0.2, 0) is 9.84 Å². The zero-order chi connectivity index (χ0) is 9.90. The van der Waals surface area contributed by atoms with E-state index in [2.05, 4.69) is 11.6 Å². The summed E-state index contributed by atoms with van der Waals surface area (Å²) in [5, 5.41) is 9.36. The van der Waals surface area contributed by atoms with Crippen LogP contribution in [-0.4, -0.2) is 13.4 Å². The summed E-state index contributed by atoms with van der Waals surface area (Å²) in [7, 11) is -3.56. The van der Waals surface area contributed by atoms with Crippen LogP contribution >= 0.6 is 0 Å². The molecule has 0 aromatic carbocycles. The highest BCUT2D eigenvalue weighted by Crippen LogP contribution is 2.13. The first kappa shape index (κ1) is 9.42. The molecule has 1 rings (SSSR count). The zero-order valence-electron chi connectivity index (χ0n) is 6.64. The minimum atomic E-state index is -3.56. The average Bonchev–Trinajstić information content (AvgIpc) is 2.18. The molecule has 1 aromatic heterocycles. The van der Waals surface area contributed by atoms with Crippen molar-refractivity contribution in [3.8, 4) is 6.07 Å². The number of nitrogens with zero attached hydrogens (tertiary/aromatic N) is 2. The average molecular weight is 194 g/mol. The first-order valence-corrected chi connectivity index (χ1v) is 4.89. The van der Waals surface area contributed by atoms with Crippen molar-refractivity contribution in [3.63, 3.8) is 0 Å². The van der Waals surface area contributed by atoms with Crippen molar-refractivity contribution >= 4 is 9.84 Å². The van der Waals surface area contributed by atoms with E-state index in [1.807, 2.05) is 0 Å². The second kappa shape index (κ2) is 3.37. The van der Waals surface area contributed by atoms with Crippen molar-refractivity contribution in [1.29, 1.82) is 5.26 Å². The third-order valence-electron chi connectivity index (χ3n) is 1.40. The van der Waals surface area contributed by atoms with Gasteiger partial charge in [0.05, 0.1) is 0 Å². The molecule has 0 saturated heterocycles. The zero-order valence-corrected chi connectivity index (χ0v) is 7.45. The molecule has 0 saturated carbocycles. The molecule has 0 N–H and O–H groups in total. The van der Waals surface area contributed by atoms with Gasteiger partial charge < -0.3 is 0 Å². The summed E-state index contributed by atoms with van der Waals surface area (Å²) in [5.74, 6) is 0. The van der Waals surface area contributed by atoms with Crippen LogP contribution in [0.2, 0.25) is 0 Å². The Balaban J connectivity index is 3.49. The quantitative estimate of drug-likeness (QED) is 0.700. The minimum absolute atomic E-state index is 0.104. The molecular weight excluding hydrogens is 188 g/mol. The van der Waals surface area contributed by atoms with Gasteiger partial charge in [0.25, 0.3) is 0 Å². The number of hydrogen-bond acceptors (Lipinski definition) is 4. The SMILES string of the molecule is C=CS(=O)(=O)c1cccnc1C#N. The van der Waals surface area contributed by atoms with Crippen molar-refractivity contribution in [2.75, 3.05) is 0 Å². The standard InChI is InChI=1S/C8H6N2O2S/c1-2-13(11,12)8-4-3-5-10-7(8)6-9/h2-5H,1H2. The van der Waals surface area contributed by atoms with Crippen LogP contribution in [0.5, 0.6) is 0 Å². The molecule has 0 aliphatic carbocycles. The van der Waals surface area contributed by atoms with E-state index < -0.39 is 9.84 Å². The molecule has 13 heavy (non-hydrogen) atoms. The highest BCUT2D eigenvalue weighted by molar-refractivity contribution is 7.94. The summed E-state index contributed by atoms with van der Waals surface area (Å²) < 4.78 is 22.5. The van der Waals surface area contributed by atoms with Crippen LogP contribution in [0.15, 0.2) is 35.2 Å². The van der Waals surface area contributed by atoms with Gasteiger partial charge in [-0.1, -0.05) is 6.58 Å². The van der Waals surface area contributed by atoms with Crippen LogP contribution < -0.4 is 0 Å². The van der Waals surface area contributed by atoms with Gasteiger partial charge in [-0.25, -0.2) is 13.4 Å². The molecule has 0 radical (unpaired) electrons. The Kier molecular flexibility index (Phi) is 2.44. The number of aromatic nitrogens is 1. The number of hydrogen-bond donors (Lipinski definition) is 0. The molecular formula is C8H6N2O2S. The van der Waals surface area contributed by atoms with Crippen molar-refractivity contribution in [2.45, 2.75) is 4.90 Å². The largest absolute Gasteiger partial charge is 0.244 e. The third-order valence-corrected chi connectivity index (χ3v) is 2.78. The Labute approximate surface area is 76.1 Å². The molecule has 1 aromatic rings. The van der Waals surface area contributed by atoms with Crippen molar-refractivity contribution in [3.05, 3.63) is 36.0 Å². The van der Waals surface area contributed by atoms with E-state index in [0.717, 1.165) is 5.41 Å². The summed E-state index contributed by atoms with van der Waals surface area (Å²) in [6.45, 7) is 3.16. The lowest BCUT2D eigenvalue weighted by Crippen LogP contribution is -2.00. The lowest BCUT2D eigenvalue weighted by Gasteiger charge is -1.98. The third kappa shape index (κ3) is 1.73.